The van der Waals surface area contributed by atoms with Crippen LogP contribution in [0.1, 0.15) is 37.6 Å². The Morgan fingerprint density at radius 2 is 2.14 bits per heavy atom. The van der Waals surface area contributed by atoms with Gasteiger partial charge in [-0.3, -0.25) is 4.79 Å². The Kier molecular flexibility index (Phi) is 7.02. The molecule has 1 aromatic carbocycles. The quantitative estimate of drug-likeness (QED) is 0.569. The summed E-state index contributed by atoms with van der Waals surface area (Å²) in [5, 5.41) is 2.91. The SMILES string of the molecule is CCOc1ccc(C(=O)NCCCN(C)C(C)C)cc1N. The van der Waals surface area contributed by atoms with Crippen molar-refractivity contribution in [3.8, 4) is 5.75 Å². The first-order chi connectivity index (χ1) is 9.95. The van der Waals surface area contributed by atoms with Crippen LogP contribution in [0.25, 0.3) is 0 Å². The Balaban J connectivity index is 2.44. The van der Waals surface area contributed by atoms with E-state index in [1.807, 2.05) is 6.92 Å². The van der Waals surface area contributed by atoms with Gasteiger partial charge >= 0.3 is 0 Å². The lowest BCUT2D eigenvalue weighted by molar-refractivity contribution is 0.0951. The van der Waals surface area contributed by atoms with E-state index in [1.54, 1.807) is 18.2 Å². The summed E-state index contributed by atoms with van der Waals surface area (Å²) in [7, 11) is 2.08. The number of amides is 1. The molecule has 0 aliphatic carbocycles. The van der Waals surface area contributed by atoms with Crippen molar-refractivity contribution in [3.63, 3.8) is 0 Å². The third kappa shape index (κ3) is 5.63. The smallest absolute Gasteiger partial charge is 0.251 e. The van der Waals surface area contributed by atoms with Crippen LogP contribution in [0.2, 0.25) is 0 Å². The fraction of sp³-hybridized carbons (Fsp3) is 0.562. The second-order valence-electron chi connectivity index (χ2n) is 5.37. The van der Waals surface area contributed by atoms with E-state index >= 15 is 0 Å². The molecule has 0 unspecified atom stereocenters. The molecule has 0 fully saturated rings. The van der Waals surface area contributed by atoms with Gasteiger partial charge < -0.3 is 20.7 Å². The molecular formula is C16H27N3O2. The topological polar surface area (TPSA) is 67.6 Å². The maximum absolute atomic E-state index is 12.0. The minimum absolute atomic E-state index is 0.100. The van der Waals surface area contributed by atoms with Crippen LogP contribution in [0, 0.1) is 0 Å². The Morgan fingerprint density at radius 1 is 1.43 bits per heavy atom. The lowest BCUT2D eigenvalue weighted by Crippen LogP contribution is -2.31. The molecule has 3 N–H and O–H groups in total. The summed E-state index contributed by atoms with van der Waals surface area (Å²) in [4.78, 5) is 14.3. The van der Waals surface area contributed by atoms with Crippen molar-refractivity contribution in [2.75, 3.05) is 32.5 Å². The molecule has 5 nitrogen and oxygen atoms in total. The number of ether oxygens (including phenoxy) is 1. The first-order valence-corrected chi connectivity index (χ1v) is 7.46. The maximum atomic E-state index is 12.0. The van der Waals surface area contributed by atoms with Crippen molar-refractivity contribution in [2.45, 2.75) is 33.2 Å². The number of benzene rings is 1. The highest BCUT2D eigenvalue weighted by atomic mass is 16.5. The Hall–Kier alpha value is -1.75. The second-order valence-corrected chi connectivity index (χ2v) is 5.37. The van der Waals surface area contributed by atoms with E-state index in [4.69, 9.17) is 10.5 Å². The summed E-state index contributed by atoms with van der Waals surface area (Å²) >= 11 is 0. The Bertz CT molecular complexity index is 461. The molecule has 1 aromatic rings. The summed E-state index contributed by atoms with van der Waals surface area (Å²) in [6, 6.07) is 5.64. The van der Waals surface area contributed by atoms with Gasteiger partial charge in [-0.25, -0.2) is 0 Å². The summed E-state index contributed by atoms with van der Waals surface area (Å²) in [6.07, 6.45) is 0.924. The van der Waals surface area contributed by atoms with Gasteiger partial charge in [0.05, 0.1) is 12.3 Å². The van der Waals surface area contributed by atoms with Crippen molar-refractivity contribution >= 4 is 11.6 Å². The lowest BCUT2D eigenvalue weighted by atomic mass is 10.1. The van der Waals surface area contributed by atoms with Crippen LogP contribution in [-0.2, 0) is 0 Å². The number of nitrogens with zero attached hydrogens (tertiary/aromatic N) is 1. The molecule has 0 saturated carbocycles. The van der Waals surface area contributed by atoms with Crippen LogP contribution in [-0.4, -0.2) is 43.6 Å². The number of carbonyl (C=O) groups is 1. The lowest BCUT2D eigenvalue weighted by Gasteiger charge is -2.20. The number of nitrogen functional groups attached to an aromatic ring is 1. The number of carbonyl (C=O) groups excluding carboxylic acids is 1. The van der Waals surface area contributed by atoms with E-state index in [0.29, 0.717) is 36.2 Å². The van der Waals surface area contributed by atoms with Crippen molar-refractivity contribution in [1.29, 1.82) is 0 Å². The minimum atomic E-state index is -0.100. The summed E-state index contributed by atoms with van der Waals surface area (Å²) in [6.45, 7) is 8.38. The molecule has 0 bridgehead atoms. The molecule has 0 aliphatic rings. The van der Waals surface area contributed by atoms with Crippen LogP contribution in [0.5, 0.6) is 5.75 Å². The van der Waals surface area contributed by atoms with E-state index in [-0.39, 0.29) is 5.91 Å². The molecule has 0 aromatic heterocycles. The number of hydrogen-bond acceptors (Lipinski definition) is 4. The predicted molar refractivity (Wildman–Crippen MR) is 86.7 cm³/mol. The van der Waals surface area contributed by atoms with E-state index in [1.165, 1.54) is 0 Å². The normalized spacial score (nSPS) is 11.0. The number of rotatable bonds is 8. The second kappa shape index (κ2) is 8.52. The van der Waals surface area contributed by atoms with Crippen molar-refractivity contribution < 1.29 is 9.53 Å². The average Bonchev–Trinajstić information content (AvgIpc) is 2.45. The summed E-state index contributed by atoms with van der Waals surface area (Å²) in [5.74, 6) is 0.518. The fourth-order valence-corrected chi connectivity index (χ4v) is 1.87. The standard InChI is InChI=1S/C16H27N3O2/c1-5-21-15-8-7-13(11-14(15)17)16(20)18-9-6-10-19(4)12(2)3/h7-8,11-12H,5-6,9-10,17H2,1-4H3,(H,18,20). The van der Waals surface area contributed by atoms with E-state index in [2.05, 4.69) is 31.1 Å². The Labute approximate surface area is 127 Å². The third-order valence-corrected chi connectivity index (χ3v) is 3.43. The molecule has 5 heteroatoms. The van der Waals surface area contributed by atoms with Crippen LogP contribution in [0.4, 0.5) is 5.69 Å². The molecule has 0 saturated heterocycles. The fourth-order valence-electron chi connectivity index (χ4n) is 1.87. The monoisotopic (exact) mass is 293 g/mol. The summed E-state index contributed by atoms with van der Waals surface area (Å²) < 4.78 is 5.36. The van der Waals surface area contributed by atoms with Gasteiger partial charge in [0, 0.05) is 18.2 Å². The maximum Gasteiger partial charge on any atom is 0.251 e. The summed E-state index contributed by atoms with van der Waals surface area (Å²) in [5.41, 5.74) is 6.91. The predicted octanol–water partition coefficient (Wildman–Crippen LogP) is 2.13. The molecule has 21 heavy (non-hydrogen) atoms. The number of nitrogens with two attached hydrogens (primary N) is 1. The number of anilines is 1. The third-order valence-electron chi connectivity index (χ3n) is 3.43. The average molecular weight is 293 g/mol. The molecular weight excluding hydrogens is 266 g/mol. The van der Waals surface area contributed by atoms with Crippen molar-refractivity contribution in [3.05, 3.63) is 23.8 Å². The highest BCUT2D eigenvalue weighted by molar-refractivity contribution is 5.95. The first kappa shape index (κ1) is 17.3. The molecule has 0 radical (unpaired) electrons. The number of nitrogens with one attached hydrogen (secondary N) is 1. The molecule has 0 aliphatic heterocycles. The van der Waals surface area contributed by atoms with Gasteiger partial charge in [0.2, 0.25) is 0 Å². The first-order valence-electron chi connectivity index (χ1n) is 7.46. The zero-order valence-corrected chi connectivity index (χ0v) is 13.5. The molecule has 0 spiro atoms. The largest absolute Gasteiger partial charge is 0.492 e. The molecule has 0 atom stereocenters. The minimum Gasteiger partial charge on any atom is -0.492 e. The van der Waals surface area contributed by atoms with Gasteiger partial charge in [-0.2, -0.15) is 0 Å². The van der Waals surface area contributed by atoms with Gasteiger partial charge in [-0.05, 0) is 59.0 Å². The van der Waals surface area contributed by atoms with E-state index < -0.39 is 0 Å². The number of hydrogen-bond donors (Lipinski definition) is 2. The van der Waals surface area contributed by atoms with Gasteiger partial charge in [0.15, 0.2) is 0 Å². The Morgan fingerprint density at radius 3 is 2.71 bits per heavy atom. The molecule has 0 heterocycles. The van der Waals surface area contributed by atoms with Gasteiger partial charge in [0.1, 0.15) is 5.75 Å². The van der Waals surface area contributed by atoms with Gasteiger partial charge in [-0.1, -0.05) is 0 Å². The van der Waals surface area contributed by atoms with Crippen LogP contribution >= 0.6 is 0 Å². The van der Waals surface area contributed by atoms with Gasteiger partial charge in [0.25, 0.3) is 5.91 Å². The molecule has 1 rings (SSSR count). The van der Waals surface area contributed by atoms with Crippen molar-refractivity contribution in [2.24, 2.45) is 0 Å². The molecule has 1 amide bonds. The highest BCUT2D eigenvalue weighted by Crippen LogP contribution is 2.22. The molecule has 118 valence electrons. The van der Waals surface area contributed by atoms with Crippen molar-refractivity contribution in [1.82, 2.24) is 10.2 Å². The van der Waals surface area contributed by atoms with E-state index in [9.17, 15) is 4.79 Å². The zero-order chi connectivity index (χ0) is 15.8. The van der Waals surface area contributed by atoms with Crippen LogP contribution in [0.3, 0.4) is 0 Å². The van der Waals surface area contributed by atoms with Crippen LogP contribution in [0.15, 0.2) is 18.2 Å². The van der Waals surface area contributed by atoms with E-state index in [0.717, 1.165) is 13.0 Å². The van der Waals surface area contributed by atoms with Crippen LogP contribution < -0.4 is 15.8 Å². The van der Waals surface area contributed by atoms with Gasteiger partial charge in [-0.15, -0.1) is 0 Å². The highest BCUT2D eigenvalue weighted by Gasteiger charge is 2.09. The zero-order valence-electron chi connectivity index (χ0n) is 13.5.